The Morgan fingerprint density at radius 3 is 2.92 bits per heavy atom. The van der Waals surface area contributed by atoms with Crippen molar-refractivity contribution in [2.75, 3.05) is 6.54 Å². The van der Waals surface area contributed by atoms with Crippen LogP contribution in [0.1, 0.15) is 47.4 Å². The number of aromatic amines is 1. The summed E-state index contributed by atoms with van der Waals surface area (Å²) in [6.45, 7) is 1.91. The Morgan fingerprint density at radius 1 is 1.27 bits per heavy atom. The highest BCUT2D eigenvalue weighted by atomic mass is 16.3. The second kappa shape index (κ2) is 5.95. The number of H-pyrrole nitrogens is 1. The summed E-state index contributed by atoms with van der Waals surface area (Å²) < 4.78 is 1.94. The number of aliphatic hydroxyl groups excluding tert-OH is 1. The van der Waals surface area contributed by atoms with Gasteiger partial charge in [-0.1, -0.05) is 12.1 Å². The van der Waals surface area contributed by atoms with E-state index in [1.165, 1.54) is 0 Å². The Bertz CT molecular complexity index is 938. The van der Waals surface area contributed by atoms with Crippen molar-refractivity contribution in [3.63, 3.8) is 0 Å². The molecule has 2 aliphatic rings. The molecule has 3 heterocycles. The first-order valence-corrected chi connectivity index (χ1v) is 9.18. The lowest BCUT2D eigenvalue weighted by atomic mass is 10.1. The number of aryl methyl sites for hydroxylation is 1. The normalized spacial score (nSPS) is 18.6. The van der Waals surface area contributed by atoms with E-state index < -0.39 is 6.10 Å². The number of hydrogen-bond donors (Lipinski definition) is 2. The number of aromatic nitrogens is 4. The zero-order valence-electron chi connectivity index (χ0n) is 14.4. The van der Waals surface area contributed by atoms with Crippen LogP contribution in [0.4, 0.5) is 0 Å². The van der Waals surface area contributed by atoms with E-state index in [0.717, 1.165) is 48.2 Å². The number of hydrogen-bond acceptors (Lipinski definition) is 4. The Balaban J connectivity index is 1.40. The van der Waals surface area contributed by atoms with Crippen LogP contribution >= 0.6 is 0 Å². The molecule has 5 rings (SSSR count). The Labute approximate surface area is 150 Å². The van der Waals surface area contributed by atoms with Gasteiger partial charge in [-0.25, -0.2) is 4.98 Å². The first-order chi connectivity index (χ1) is 12.7. The number of rotatable bonds is 3. The molecule has 0 unspecified atom stereocenters. The molecule has 1 fully saturated rings. The van der Waals surface area contributed by atoms with Gasteiger partial charge in [0.2, 0.25) is 0 Å². The molecule has 1 amide bonds. The average Bonchev–Trinajstić information content (AvgIpc) is 3.34. The minimum Gasteiger partial charge on any atom is -0.386 e. The average molecular weight is 351 g/mol. The molecule has 1 aromatic carbocycles. The Morgan fingerprint density at radius 2 is 2.12 bits per heavy atom. The molecule has 0 saturated heterocycles. The van der Waals surface area contributed by atoms with Gasteiger partial charge in [0.1, 0.15) is 6.10 Å². The Kier molecular flexibility index (Phi) is 3.56. The molecule has 2 aromatic heterocycles. The predicted molar refractivity (Wildman–Crippen MR) is 95.4 cm³/mol. The minimum atomic E-state index is -0.478. The van der Waals surface area contributed by atoms with Crippen molar-refractivity contribution >= 4 is 16.9 Å². The maximum absolute atomic E-state index is 12.9. The van der Waals surface area contributed by atoms with Crippen LogP contribution in [0, 0.1) is 5.92 Å². The topological polar surface area (TPSA) is 87.0 Å². The van der Waals surface area contributed by atoms with Crippen molar-refractivity contribution in [3.8, 4) is 0 Å². The molecular weight excluding hydrogens is 330 g/mol. The molecular formula is C19H21N5O2. The number of carbonyl (C=O) groups is 1. The third kappa shape index (κ3) is 2.68. The van der Waals surface area contributed by atoms with Crippen LogP contribution in [0.2, 0.25) is 0 Å². The van der Waals surface area contributed by atoms with Gasteiger partial charge < -0.3 is 15.0 Å². The number of fused-ring (bicyclic) bond motifs is 2. The maximum Gasteiger partial charge on any atom is 0.290 e. The third-order valence-corrected chi connectivity index (χ3v) is 5.28. The third-order valence-electron chi connectivity index (χ3n) is 5.28. The highest BCUT2D eigenvalue weighted by Crippen LogP contribution is 2.40. The fourth-order valence-corrected chi connectivity index (χ4v) is 3.66. The fraction of sp³-hybridized carbons (Fsp3) is 0.421. The number of nitrogens with one attached hydrogen (secondary N) is 1. The highest BCUT2D eigenvalue weighted by Gasteiger charge is 2.33. The van der Waals surface area contributed by atoms with Gasteiger partial charge in [0.15, 0.2) is 5.82 Å². The molecule has 1 atom stereocenters. The van der Waals surface area contributed by atoms with Gasteiger partial charge in [0.25, 0.3) is 5.91 Å². The van der Waals surface area contributed by atoms with Crippen LogP contribution in [-0.2, 0) is 13.1 Å². The summed E-state index contributed by atoms with van der Waals surface area (Å²) in [6, 6.07) is 9.60. The van der Waals surface area contributed by atoms with Crippen LogP contribution in [0.3, 0.4) is 0 Å². The van der Waals surface area contributed by atoms with E-state index in [4.69, 9.17) is 0 Å². The summed E-state index contributed by atoms with van der Waals surface area (Å²) in [4.78, 5) is 22.3. The smallest absolute Gasteiger partial charge is 0.290 e. The van der Waals surface area contributed by atoms with Crippen molar-refractivity contribution < 1.29 is 9.90 Å². The number of aliphatic hydroxyl groups is 1. The molecule has 134 valence electrons. The molecule has 0 radical (unpaired) electrons. The zero-order valence-corrected chi connectivity index (χ0v) is 14.4. The number of carbonyl (C=O) groups excluding carboxylic acids is 1. The van der Waals surface area contributed by atoms with Gasteiger partial charge in [0, 0.05) is 13.1 Å². The summed E-state index contributed by atoms with van der Waals surface area (Å²) >= 11 is 0. The van der Waals surface area contributed by atoms with Gasteiger partial charge in [0.05, 0.1) is 29.0 Å². The monoisotopic (exact) mass is 351 g/mol. The SMILES string of the molecule is O=C(c1nc2ccccc2[nH]1)N1CCCn2nc([C@@H](O)C3CC3)cc2C1. The van der Waals surface area contributed by atoms with Gasteiger partial charge >= 0.3 is 0 Å². The minimum absolute atomic E-state index is 0.0971. The van der Waals surface area contributed by atoms with E-state index in [1.807, 2.05) is 39.9 Å². The molecule has 1 saturated carbocycles. The molecule has 1 aliphatic heterocycles. The lowest BCUT2D eigenvalue weighted by Crippen LogP contribution is -2.31. The highest BCUT2D eigenvalue weighted by molar-refractivity contribution is 5.94. The van der Waals surface area contributed by atoms with E-state index >= 15 is 0 Å². The van der Waals surface area contributed by atoms with Crippen molar-refractivity contribution in [2.24, 2.45) is 5.92 Å². The molecule has 7 nitrogen and oxygen atoms in total. The molecule has 0 bridgehead atoms. The number of benzene rings is 1. The van der Waals surface area contributed by atoms with Crippen LogP contribution in [-0.4, -0.2) is 42.2 Å². The van der Waals surface area contributed by atoms with E-state index in [-0.39, 0.29) is 5.91 Å². The van der Waals surface area contributed by atoms with Gasteiger partial charge in [-0.15, -0.1) is 0 Å². The summed E-state index contributed by atoms with van der Waals surface area (Å²) in [7, 11) is 0. The number of nitrogens with zero attached hydrogens (tertiary/aromatic N) is 4. The van der Waals surface area contributed by atoms with Crippen molar-refractivity contribution in [1.29, 1.82) is 0 Å². The van der Waals surface area contributed by atoms with Crippen LogP contribution < -0.4 is 0 Å². The standard InChI is InChI=1S/C19H21N5O2/c25-17(12-6-7-12)16-10-13-11-23(8-3-9-24(13)22-16)19(26)18-20-14-4-1-2-5-15(14)21-18/h1-2,4-5,10,12,17,25H,3,6-9,11H2,(H,20,21)/t17-/m0/s1. The van der Waals surface area contributed by atoms with Crippen molar-refractivity contribution in [3.05, 3.63) is 47.5 Å². The fourth-order valence-electron chi connectivity index (χ4n) is 3.66. The number of para-hydroxylation sites is 2. The van der Waals surface area contributed by atoms with E-state index in [2.05, 4.69) is 15.1 Å². The molecule has 2 N–H and O–H groups in total. The Hall–Kier alpha value is -2.67. The molecule has 3 aromatic rings. The second-order valence-corrected chi connectivity index (χ2v) is 7.25. The molecule has 0 spiro atoms. The molecule has 7 heteroatoms. The second-order valence-electron chi connectivity index (χ2n) is 7.25. The largest absolute Gasteiger partial charge is 0.386 e. The predicted octanol–water partition coefficient (Wildman–Crippen LogP) is 2.25. The lowest BCUT2D eigenvalue weighted by molar-refractivity contribution is 0.0735. The molecule has 26 heavy (non-hydrogen) atoms. The summed E-state index contributed by atoms with van der Waals surface area (Å²) in [5.74, 6) is 0.625. The van der Waals surface area contributed by atoms with Crippen molar-refractivity contribution in [2.45, 2.75) is 38.5 Å². The summed E-state index contributed by atoms with van der Waals surface area (Å²) in [5, 5.41) is 14.9. The van der Waals surface area contributed by atoms with Crippen LogP contribution in [0.15, 0.2) is 30.3 Å². The first-order valence-electron chi connectivity index (χ1n) is 9.18. The van der Waals surface area contributed by atoms with E-state index in [0.29, 0.717) is 24.8 Å². The summed E-state index contributed by atoms with van der Waals surface area (Å²) in [6.07, 6.45) is 2.49. The number of amides is 1. The first kappa shape index (κ1) is 15.6. The zero-order chi connectivity index (χ0) is 17.7. The summed E-state index contributed by atoms with van der Waals surface area (Å²) in [5.41, 5.74) is 3.37. The van der Waals surface area contributed by atoms with Crippen molar-refractivity contribution in [1.82, 2.24) is 24.6 Å². The lowest BCUT2D eigenvalue weighted by Gasteiger charge is -2.18. The van der Waals surface area contributed by atoms with Gasteiger partial charge in [-0.2, -0.15) is 5.10 Å². The molecule has 1 aliphatic carbocycles. The van der Waals surface area contributed by atoms with E-state index in [1.54, 1.807) is 0 Å². The van der Waals surface area contributed by atoms with Crippen LogP contribution in [0.25, 0.3) is 11.0 Å². The quantitative estimate of drug-likeness (QED) is 0.758. The number of imidazole rings is 1. The maximum atomic E-state index is 12.9. The van der Waals surface area contributed by atoms with Gasteiger partial charge in [-0.3, -0.25) is 9.48 Å². The van der Waals surface area contributed by atoms with Crippen LogP contribution in [0.5, 0.6) is 0 Å². The van der Waals surface area contributed by atoms with Gasteiger partial charge in [-0.05, 0) is 43.4 Å². The van der Waals surface area contributed by atoms with E-state index in [9.17, 15) is 9.90 Å².